The summed E-state index contributed by atoms with van der Waals surface area (Å²) in [6.07, 6.45) is 0.623. The molecule has 5 nitrogen and oxygen atoms in total. The van der Waals surface area contributed by atoms with Crippen LogP contribution in [0.1, 0.15) is 5.82 Å². The number of hydrogen-bond donors (Lipinski definition) is 1. The summed E-state index contributed by atoms with van der Waals surface area (Å²) in [6, 6.07) is 7.40. The molecule has 6 heteroatoms. The maximum absolute atomic E-state index is 6.04. The molecule has 0 aliphatic rings. The minimum atomic E-state index is 0.505. The van der Waals surface area contributed by atoms with E-state index in [2.05, 4.69) is 15.5 Å². The van der Waals surface area contributed by atoms with Crippen molar-refractivity contribution in [1.82, 2.24) is 20.2 Å². The van der Waals surface area contributed by atoms with E-state index >= 15 is 0 Å². The lowest BCUT2D eigenvalue weighted by atomic mass is 10.3. The molecule has 0 radical (unpaired) electrons. The van der Waals surface area contributed by atoms with Gasteiger partial charge in [0.05, 0.1) is 10.7 Å². The Bertz CT molecular complexity index is 453. The van der Waals surface area contributed by atoms with E-state index in [-0.39, 0.29) is 0 Å². The second kappa shape index (κ2) is 4.37. The number of rotatable bonds is 3. The van der Waals surface area contributed by atoms with E-state index in [1.165, 1.54) is 0 Å². The highest BCUT2D eigenvalue weighted by atomic mass is 35.5. The Morgan fingerprint density at radius 2 is 2.13 bits per heavy atom. The predicted molar refractivity (Wildman–Crippen MR) is 56.9 cm³/mol. The third kappa shape index (κ3) is 1.98. The molecule has 2 rings (SSSR count). The third-order valence-corrected chi connectivity index (χ3v) is 2.30. The van der Waals surface area contributed by atoms with E-state index in [1.807, 2.05) is 18.2 Å². The van der Waals surface area contributed by atoms with Gasteiger partial charge in [-0.15, -0.1) is 5.10 Å². The summed E-state index contributed by atoms with van der Waals surface area (Å²) in [4.78, 5) is 0. The van der Waals surface area contributed by atoms with E-state index in [0.717, 1.165) is 5.69 Å². The van der Waals surface area contributed by atoms with Gasteiger partial charge in [0.2, 0.25) is 0 Å². The van der Waals surface area contributed by atoms with Crippen LogP contribution < -0.4 is 5.73 Å². The normalized spacial score (nSPS) is 10.5. The standard InChI is InChI=1S/C9H10ClN5/c10-7-3-1-2-4-8(7)15-9(5-6-11)12-13-14-15/h1-4H,5-6,11H2. The van der Waals surface area contributed by atoms with Crippen molar-refractivity contribution >= 4 is 11.6 Å². The van der Waals surface area contributed by atoms with Crippen molar-refractivity contribution in [2.24, 2.45) is 5.73 Å². The van der Waals surface area contributed by atoms with Gasteiger partial charge in [-0.3, -0.25) is 0 Å². The largest absolute Gasteiger partial charge is 0.330 e. The van der Waals surface area contributed by atoms with E-state index in [0.29, 0.717) is 23.8 Å². The molecule has 2 N–H and O–H groups in total. The van der Waals surface area contributed by atoms with Gasteiger partial charge >= 0.3 is 0 Å². The number of tetrazole rings is 1. The molecule has 0 spiro atoms. The molecule has 1 aromatic heterocycles. The Hall–Kier alpha value is -1.46. The highest BCUT2D eigenvalue weighted by Crippen LogP contribution is 2.19. The summed E-state index contributed by atoms with van der Waals surface area (Å²) in [7, 11) is 0. The Kier molecular flexibility index (Phi) is 2.94. The van der Waals surface area contributed by atoms with Crippen LogP contribution in [0, 0.1) is 0 Å². The van der Waals surface area contributed by atoms with Crippen LogP contribution >= 0.6 is 11.6 Å². The zero-order valence-corrected chi connectivity index (χ0v) is 8.72. The molecule has 1 heterocycles. The number of benzene rings is 1. The molecule has 0 amide bonds. The highest BCUT2D eigenvalue weighted by molar-refractivity contribution is 6.32. The van der Waals surface area contributed by atoms with E-state index in [4.69, 9.17) is 17.3 Å². The molecular weight excluding hydrogens is 214 g/mol. The first kappa shape index (κ1) is 10.1. The fourth-order valence-corrected chi connectivity index (χ4v) is 1.52. The molecule has 0 saturated heterocycles. The number of aromatic nitrogens is 4. The van der Waals surface area contributed by atoms with Crippen LogP contribution in [0.25, 0.3) is 5.69 Å². The van der Waals surface area contributed by atoms with E-state index in [9.17, 15) is 0 Å². The zero-order chi connectivity index (χ0) is 10.7. The number of halogens is 1. The first-order valence-electron chi connectivity index (χ1n) is 4.55. The lowest BCUT2D eigenvalue weighted by molar-refractivity contribution is 0.755. The van der Waals surface area contributed by atoms with E-state index in [1.54, 1.807) is 10.7 Å². The fraction of sp³-hybridized carbons (Fsp3) is 0.222. The van der Waals surface area contributed by atoms with Crippen LogP contribution in [0.15, 0.2) is 24.3 Å². The average molecular weight is 224 g/mol. The third-order valence-electron chi connectivity index (χ3n) is 1.98. The van der Waals surface area contributed by atoms with Crippen molar-refractivity contribution in [3.63, 3.8) is 0 Å². The summed E-state index contributed by atoms with van der Waals surface area (Å²) >= 11 is 6.04. The van der Waals surface area contributed by atoms with Crippen molar-refractivity contribution in [2.75, 3.05) is 6.54 Å². The molecule has 1 aromatic carbocycles. The van der Waals surface area contributed by atoms with Crippen LogP contribution in [0.4, 0.5) is 0 Å². The van der Waals surface area contributed by atoms with Crippen molar-refractivity contribution in [2.45, 2.75) is 6.42 Å². The lowest BCUT2D eigenvalue weighted by Gasteiger charge is -2.04. The van der Waals surface area contributed by atoms with Crippen molar-refractivity contribution < 1.29 is 0 Å². The maximum atomic E-state index is 6.04. The summed E-state index contributed by atoms with van der Waals surface area (Å²) in [5.41, 5.74) is 6.23. The molecule has 0 unspecified atom stereocenters. The van der Waals surface area contributed by atoms with Gasteiger partial charge in [-0.1, -0.05) is 23.7 Å². The monoisotopic (exact) mass is 223 g/mol. The molecule has 0 atom stereocenters. The zero-order valence-electron chi connectivity index (χ0n) is 7.97. The quantitative estimate of drug-likeness (QED) is 0.836. The molecule has 0 aliphatic carbocycles. The van der Waals surface area contributed by atoms with Gasteiger partial charge in [-0.25, -0.2) is 0 Å². The summed E-state index contributed by atoms with van der Waals surface area (Å²) < 4.78 is 1.61. The SMILES string of the molecule is NCCc1nnnn1-c1ccccc1Cl. The van der Waals surface area contributed by atoms with Gasteiger partial charge in [0.15, 0.2) is 5.82 Å². The predicted octanol–water partition coefficient (Wildman–Crippen LogP) is 0.817. The van der Waals surface area contributed by atoms with Gasteiger partial charge in [-0.05, 0) is 29.1 Å². The summed E-state index contributed by atoms with van der Waals surface area (Å²) in [6.45, 7) is 0.505. The average Bonchev–Trinajstić information content (AvgIpc) is 2.67. The number of para-hydroxylation sites is 1. The molecule has 15 heavy (non-hydrogen) atoms. The Balaban J connectivity index is 2.45. The first-order valence-corrected chi connectivity index (χ1v) is 4.93. The van der Waals surface area contributed by atoms with Crippen molar-refractivity contribution in [3.05, 3.63) is 35.1 Å². The Morgan fingerprint density at radius 3 is 2.87 bits per heavy atom. The molecular formula is C9H10ClN5. The Labute approximate surface area is 91.8 Å². The van der Waals surface area contributed by atoms with Crippen LogP contribution in [0.3, 0.4) is 0 Å². The second-order valence-corrected chi connectivity index (χ2v) is 3.40. The second-order valence-electron chi connectivity index (χ2n) is 3.00. The highest BCUT2D eigenvalue weighted by Gasteiger charge is 2.09. The molecule has 0 saturated carbocycles. The summed E-state index contributed by atoms with van der Waals surface area (Å²) in [5.74, 6) is 0.714. The first-order chi connectivity index (χ1) is 7.33. The Morgan fingerprint density at radius 1 is 1.33 bits per heavy atom. The topological polar surface area (TPSA) is 69.6 Å². The van der Waals surface area contributed by atoms with Gasteiger partial charge in [0.25, 0.3) is 0 Å². The number of hydrogen-bond acceptors (Lipinski definition) is 4. The molecule has 0 fully saturated rings. The lowest BCUT2D eigenvalue weighted by Crippen LogP contribution is -2.10. The fourth-order valence-electron chi connectivity index (χ4n) is 1.30. The number of nitrogens with zero attached hydrogens (tertiary/aromatic N) is 4. The number of nitrogens with two attached hydrogens (primary N) is 1. The van der Waals surface area contributed by atoms with E-state index < -0.39 is 0 Å². The maximum Gasteiger partial charge on any atom is 0.158 e. The van der Waals surface area contributed by atoms with Crippen LogP contribution in [0.2, 0.25) is 5.02 Å². The summed E-state index contributed by atoms with van der Waals surface area (Å²) in [5, 5.41) is 12.0. The van der Waals surface area contributed by atoms with Crippen molar-refractivity contribution in [1.29, 1.82) is 0 Å². The van der Waals surface area contributed by atoms with Gasteiger partial charge in [0, 0.05) is 6.42 Å². The molecule has 78 valence electrons. The van der Waals surface area contributed by atoms with Gasteiger partial charge in [-0.2, -0.15) is 4.68 Å². The minimum Gasteiger partial charge on any atom is -0.330 e. The smallest absolute Gasteiger partial charge is 0.158 e. The molecule has 0 aliphatic heterocycles. The van der Waals surface area contributed by atoms with Crippen LogP contribution in [-0.4, -0.2) is 26.8 Å². The van der Waals surface area contributed by atoms with Gasteiger partial charge in [0.1, 0.15) is 0 Å². The van der Waals surface area contributed by atoms with Crippen LogP contribution in [0.5, 0.6) is 0 Å². The minimum absolute atomic E-state index is 0.505. The van der Waals surface area contributed by atoms with Crippen LogP contribution in [-0.2, 0) is 6.42 Å². The molecule has 0 bridgehead atoms. The van der Waals surface area contributed by atoms with Gasteiger partial charge < -0.3 is 5.73 Å². The molecule has 2 aromatic rings. The van der Waals surface area contributed by atoms with Crippen molar-refractivity contribution in [3.8, 4) is 5.69 Å².